The van der Waals surface area contributed by atoms with Crippen molar-refractivity contribution in [2.45, 2.75) is 0 Å². The van der Waals surface area contributed by atoms with E-state index in [1.807, 2.05) is 11.3 Å². The Balaban J connectivity index is 1.27. The van der Waals surface area contributed by atoms with Crippen LogP contribution in [0.5, 0.6) is 0 Å². The van der Waals surface area contributed by atoms with Crippen LogP contribution in [-0.4, -0.2) is 4.57 Å². The molecule has 2 heterocycles. The van der Waals surface area contributed by atoms with Crippen molar-refractivity contribution in [1.29, 1.82) is 0 Å². The van der Waals surface area contributed by atoms with Crippen LogP contribution in [0.2, 0.25) is 0 Å². The number of rotatable bonds is 5. The second-order valence-electron chi connectivity index (χ2n) is 12.6. The minimum atomic E-state index is 1.13. The van der Waals surface area contributed by atoms with E-state index in [0.29, 0.717) is 0 Å². The molecular formula is C46H30N2S. The molecule has 0 aliphatic rings. The summed E-state index contributed by atoms with van der Waals surface area (Å²) in [7, 11) is 0. The lowest BCUT2D eigenvalue weighted by molar-refractivity contribution is 1.18. The number of benzene rings is 8. The molecule has 0 atom stereocenters. The first-order chi connectivity index (χ1) is 24.3. The first kappa shape index (κ1) is 27.9. The van der Waals surface area contributed by atoms with Crippen LogP contribution in [-0.2, 0) is 0 Å². The smallest absolute Gasteiger partial charge is 0.0548 e. The van der Waals surface area contributed by atoms with Crippen molar-refractivity contribution in [2.24, 2.45) is 0 Å². The number of hydrogen-bond acceptors (Lipinski definition) is 2. The lowest BCUT2D eigenvalue weighted by Gasteiger charge is -2.27. The summed E-state index contributed by atoms with van der Waals surface area (Å²) in [5, 5.41) is 7.63. The first-order valence-corrected chi connectivity index (χ1v) is 17.5. The number of nitrogens with zero attached hydrogens (tertiary/aromatic N) is 2. The third kappa shape index (κ3) is 4.47. The summed E-state index contributed by atoms with van der Waals surface area (Å²) >= 11 is 1.88. The average Bonchev–Trinajstić information content (AvgIpc) is 3.71. The molecule has 230 valence electrons. The predicted octanol–water partition coefficient (Wildman–Crippen LogP) is 13.4. The van der Waals surface area contributed by atoms with E-state index in [2.05, 4.69) is 191 Å². The fraction of sp³-hybridized carbons (Fsp3) is 0. The van der Waals surface area contributed by atoms with Crippen LogP contribution in [0.15, 0.2) is 182 Å². The molecule has 0 spiro atoms. The van der Waals surface area contributed by atoms with E-state index in [9.17, 15) is 0 Å². The molecule has 10 aromatic rings. The van der Waals surface area contributed by atoms with E-state index in [0.717, 1.165) is 22.7 Å². The van der Waals surface area contributed by atoms with Crippen LogP contribution in [0, 0.1) is 0 Å². The zero-order valence-corrected chi connectivity index (χ0v) is 27.4. The lowest BCUT2D eigenvalue weighted by Crippen LogP contribution is -2.10. The fourth-order valence-electron chi connectivity index (χ4n) is 7.57. The molecule has 3 heteroatoms. The highest BCUT2D eigenvalue weighted by Crippen LogP contribution is 2.46. The van der Waals surface area contributed by atoms with Gasteiger partial charge < -0.3 is 9.47 Å². The zero-order valence-electron chi connectivity index (χ0n) is 26.6. The predicted molar refractivity (Wildman–Crippen MR) is 211 cm³/mol. The molecule has 0 unspecified atom stereocenters. The molecule has 0 N–H and O–H groups in total. The maximum Gasteiger partial charge on any atom is 0.0548 e. The van der Waals surface area contributed by atoms with Crippen molar-refractivity contribution < 1.29 is 0 Å². The van der Waals surface area contributed by atoms with Gasteiger partial charge in [-0.05, 0) is 83.2 Å². The molecule has 0 saturated carbocycles. The van der Waals surface area contributed by atoms with Crippen LogP contribution < -0.4 is 4.90 Å². The Labute approximate surface area is 288 Å². The fourth-order valence-corrected chi connectivity index (χ4v) is 8.69. The van der Waals surface area contributed by atoms with E-state index in [1.165, 1.54) is 63.9 Å². The molecule has 10 rings (SSSR count). The maximum atomic E-state index is 2.44. The second-order valence-corrected chi connectivity index (χ2v) is 13.6. The van der Waals surface area contributed by atoms with Gasteiger partial charge in [0.2, 0.25) is 0 Å². The summed E-state index contributed by atoms with van der Waals surface area (Å²) in [5.41, 5.74) is 9.42. The topological polar surface area (TPSA) is 8.17 Å². The average molecular weight is 643 g/mol. The number of fused-ring (bicyclic) bond motifs is 8. The van der Waals surface area contributed by atoms with Gasteiger partial charge in [0.25, 0.3) is 0 Å². The Morgan fingerprint density at radius 3 is 1.92 bits per heavy atom. The highest BCUT2D eigenvalue weighted by atomic mass is 32.1. The van der Waals surface area contributed by atoms with Crippen molar-refractivity contribution in [3.05, 3.63) is 182 Å². The summed E-state index contributed by atoms with van der Waals surface area (Å²) < 4.78 is 5.07. The molecule has 0 saturated heterocycles. The van der Waals surface area contributed by atoms with Crippen molar-refractivity contribution in [3.63, 3.8) is 0 Å². The van der Waals surface area contributed by atoms with Crippen LogP contribution >= 0.6 is 11.3 Å². The summed E-state index contributed by atoms with van der Waals surface area (Å²) in [6.45, 7) is 0. The third-order valence-electron chi connectivity index (χ3n) is 9.77. The standard InChI is InChI=1S/C46H30N2S/c1-3-12-31(13-4-1)32-22-24-35(25-23-32)48-41-27-26-36(30-39(41)45-42(48)28-29-44-46(45)38-19-9-10-21-43(38)49-44)47(34-16-5-2-6-17-34)40-20-11-15-33-14-7-8-18-37(33)40/h1-30H. The van der Waals surface area contributed by atoms with Gasteiger partial charge in [-0.15, -0.1) is 11.3 Å². The van der Waals surface area contributed by atoms with E-state index < -0.39 is 0 Å². The van der Waals surface area contributed by atoms with Gasteiger partial charge in [0.15, 0.2) is 0 Å². The van der Waals surface area contributed by atoms with Crippen molar-refractivity contribution in [3.8, 4) is 16.8 Å². The normalized spacial score (nSPS) is 11.7. The van der Waals surface area contributed by atoms with E-state index >= 15 is 0 Å². The van der Waals surface area contributed by atoms with Crippen molar-refractivity contribution in [1.82, 2.24) is 4.57 Å². The highest BCUT2D eigenvalue weighted by Gasteiger charge is 2.21. The van der Waals surface area contributed by atoms with E-state index in [4.69, 9.17) is 0 Å². The SMILES string of the molecule is c1ccc(-c2ccc(-n3c4ccc(N(c5ccccc5)c5cccc6ccccc56)cc4c4c5c(ccc43)sc3ccccc35)cc2)cc1. The van der Waals surface area contributed by atoms with Gasteiger partial charge in [-0.1, -0.05) is 115 Å². The van der Waals surface area contributed by atoms with Gasteiger partial charge in [0.05, 0.1) is 16.7 Å². The number of thiophene rings is 1. The van der Waals surface area contributed by atoms with Crippen LogP contribution in [0.3, 0.4) is 0 Å². The third-order valence-corrected chi connectivity index (χ3v) is 10.9. The van der Waals surface area contributed by atoms with Crippen LogP contribution in [0.4, 0.5) is 17.1 Å². The molecule has 0 amide bonds. The minimum absolute atomic E-state index is 1.13. The quantitative estimate of drug-likeness (QED) is 0.181. The minimum Gasteiger partial charge on any atom is -0.310 e. The largest absolute Gasteiger partial charge is 0.310 e. The number of aromatic nitrogens is 1. The zero-order chi connectivity index (χ0) is 32.3. The molecule has 0 fully saturated rings. The Hall–Kier alpha value is -6.16. The molecule has 2 nitrogen and oxygen atoms in total. The Kier molecular flexibility index (Phi) is 6.39. The van der Waals surface area contributed by atoms with Crippen molar-refractivity contribution in [2.75, 3.05) is 4.90 Å². The van der Waals surface area contributed by atoms with Gasteiger partial charge in [0, 0.05) is 53.4 Å². The lowest BCUT2D eigenvalue weighted by atomic mass is 10.0. The van der Waals surface area contributed by atoms with Gasteiger partial charge in [-0.3, -0.25) is 0 Å². The highest BCUT2D eigenvalue weighted by molar-refractivity contribution is 7.26. The molecule has 0 bridgehead atoms. The van der Waals surface area contributed by atoms with Crippen molar-refractivity contribution >= 4 is 81.1 Å². The number of hydrogen-bond donors (Lipinski definition) is 0. The number of para-hydroxylation sites is 1. The summed E-state index contributed by atoms with van der Waals surface area (Å²) in [6, 6.07) is 66.1. The van der Waals surface area contributed by atoms with Crippen LogP contribution in [0.1, 0.15) is 0 Å². The summed E-state index contributed by atoms with van der Waals surface area (Å²) in [4.78, 5) is 2.41. The molecule has 8 aromatic carbocycles. The van der Waals surface area contributed by atoms with Gasteiger partial charge in [-0.25, -0.2) is 0 Å². The molecule has 0 aliphatic carbocycles. The molecule has 0 aliphatic heterocycles. The number of anilines is 3. The molecule has 0 radical (unpaired) electrons. The Morgan fingerprint density at radius 1 is 0.408 bits per heavy atom. The van der Waals surface area contributed by atoms with Crippen LogP contribution in [0.25, 0.3) is 69.6 Å². The van der Waals surface area contributed by atoms with Gasteiger partial charge >= 0.3 is 0 Å². The molecule has 49 heavy (non-hydrogen) atoms. The van der Waals surface area contributed by atoms with Gasteiger partial charge in [0.1, 0.15) is 0 Å². The summed E-state index contributed by atoms with van der Waals surface area (Å²) in [5.74, 6) is 0. The molecular weight excluding hydrogens is 613 g/mol. The maximum absolute atomic E-state index is 2.44. The Bertz CT molecular complexity index is 2810. The van der Waals surface area contributed by atoms with E-state index in [1.54, 1.807) is 0 Å². The Morgan fingerprint density at radius 2 is 1.08 bits per heavy atom. The monoisotopic (exact) mass is 642 g/mol. The van der Waals surface area contributed by atoms with Gasteiger partial charge in [-0.2, -0.15) is 0 Å². The molecule has 2 aromatic heterocycles. The first-order valence-electron chi connectivity index (χ1n) is 16.7. The summed E-state index contributed by atoms with van der Waals surface area (Å²) in [6.07, 6.45) is 0. The second kappa shape index (κ2) is 11.2. The van der Waals surface area contributed by atoms with E-state index in [-0.39, 0.29) is 0 Å².